The van der Waals surface area contributed by atoms with E-state index in [9.17, 15) is 14.9 Å². The molecule has 0 spiro atoms. The molecule has 0 aromatic heterocycles. The van der Waals surface area contributed by atoms with Gasteiger partial charge in [-0.3, -0.25) is 14.9 Å². The summed E-state index contributed by atoms with van der Waals surface area (Å²) < 4.78 is 0. The Morgan fingerprint density at radius 3 is 2.32 bits per heavy atom. The summed E-state index contributed by atoms with van der Waals surface area (Å²) in [5.41, 5.74) is 1.75. The summed E-state index contributed by atoms with van der Waals surface area (Å²) in [6.45, 7) is 0. The Bertz CT molecular complexity index is 723. The molecule has 0 aliphatic heterocycles. The van der Waals surface area contributed by atoms with Gasteiger partial charge in [0.15, 0.2) is 5.78 Å². The second-order valence-corrected chi connectivity index (χ2v) is 5.12. The molecule has 2 aromatic rings. The van der Waals surface area contributed by atoms with Gasteiger partial charge in [0.05, 0.1) is 16.9 Å². The first-order chi connectivity index (χ1) is 10.6. The van der Waals surface area contributed by atoms with Crippen molar-refractivity contribution in [1.82, 2.24) is 0 Å². The summed E-state index contributed by atoms with van der Waals surface area (Å²) in [7, 11) is 0. The topological polar surface area (TPSA) is 72.2 Å². The van der Waals surface area contributed by atoms with E-state index >= 15 is 0 Å². The second kappa shape index (κ2) is 5.81. The van der Waals surface area contributed by atoms with E-state index < -0.39 is 4.92 Å². The molecular formula is C17H14N2O3. The van der Waals surface area contributed by atoms with Crippen molar-refractivity contribution < 1.29 is 9.72 Å². The minimum Gasteiger partial charge on any atom is -0.378 e. The Labute approximate surface area is 127 Å². The minimum absolute atomic E-state index is 0.0446. The van der Waals surface area contributed by atoms with Gasteiger partial charge in [0, 0.05) is 17.8 Å². The van der Waals surface area contributed by atoms with Crippen LogP contribution in [-0.2, 0) is 4.79 Å². The number of ketones is 1. The predicted molar refractivity (Wildman–Crippen MR) is 83.8 cm³/mol. The van der Waals surface area contributed by atoms with Crippen LogP contribution in [0.15, 0.2) is 66.7 Å². The number of hydrogen-bond acceptors (Lipinski definition) is 4. The Morgan fingerprint density at radius 1 is 1.00 bits per heavy atom. The molecule has 1 aliphatic rings. The average molecular weight is 294 g/mol. The molecule has 1 aliphatic carbocycles. The number of nitrogens with zero attached hydrogens (tertiary/aromatic N) is 1. The number of rotatable bonds is 4. The molecule has 5 nitrogen and oxygen atoms in total. The predicted octanol–water partition coefficient (Wildman–Crippen LogP) is 3.30. The molecule has 5 heteroatoms. The monoisotopic (exact) mass is 294 g/mol. The number of carbonyl (C=O) groups is 1. The van der Waals surface area contributed by atoms with Crippen molar-refractivity contribution in [1.29, 1.82) is 0 Å². The highest BCUT2D eigenvalue weighted by atomic mass is 16.6. The molecule has 0 radical (unpaired) electrons. The van der Waals surface area contributed by atoms with Crippen LogP contribution in [0.4, 0.5) is 11.4 Å². The van der Waals surface area contributed by atoms with Crippen LogP contribution >= 0.6 is 0 Å². The van der Waals surface area contributed by atoms with Crippen molar-refractivity contribution in [2.75, 3.05) is 5.32 Å². The quantitative estimate of drug-likeness (QED) is 0.693. The standard InChI is InChI=1S/C17H14N2O3/c20-16-11-10-15(17(16)12-4-2-1-3-5-12)18-13-6-8-14(9-7-13)19(21)22/h1-11,15,17-18H/t15-,17+/m0/s1. The first kappa shape index (κ1) is 14.0. The Hall–Kier alpha value is -2.95. The summed E-state index contributed by atoms with van der Waals surface area (Å²) in [5, 5.41) is 13.9. The van der Waals surface area contributed by atoms with Crippen LogP contribution < -0.4 is 5.32 Å². The Morgan fingerprint density at radius 2 is 1.68 bits per heavy atom. The van der Waals surface area contributed by atoms with Crippen LogP contribution in [0.2, 0.25) is 0 Å². The number of nitro groups is 1. The van der Waals surface area contributed by atoms with E-state index in [0.717, 1.165) is 11.3 Å². The second-order valence-electron chi connectivity index (χ2n) is 5.12. The highest BCUT2D eigenvalue weighted by Gasteiger charge is 2.31. The van der Waals surface area contributed by atoms with Gasteiger partial charge in [-0.05, 0) is 23.8 Å². The fraction of sp³-hybridized carbons (Fsp3) is 0.118. The maximum atomic E-state index is 12.1. The molecule has 0 unspecified atom stereocenters. The Kier molecular flexibility index (Phi) is 3.70. The van der Waals surface area contributed by atoms with Crippen molar-refractivity contribution in [2.45, 2.75) is 12.0 Å². The van der Waals surface area contributed by atoms with E-state index in [2.05, 4.69) is 5.32 Å². The lowest BCUT2D eigenvalue weighted by molar-refractivity contribution is -0.384. The van der Waals surface area contributed by atoms with E-state index in [-0.39, 0.29) is 23.4 Å². The number of nitro benzene ring substituents is 1. The molecule has 1 N–H and O–H groups in total. The van der Waals surface area contributed by atoms with Gasteiger partial charge in [0.2, 0.25) is 0 Å². The van der Waals surface area contributed by atoms with E-state index in [1.165, 1.54) is 12.1 Å². The Balaban J connectivity index is 1.80. The summed E-state index contributed by atoms with van der Waals surface area (Å²) >= 11 is 0. The summed E-state index contributed by atoms with van der Waals surface area (Å²) in [5.74, 6) is -0.206. The highest BCUT2D eigenvalue weighted by molar-refractivity contribution is 5.99. The van der Waals surface area contributed by atoms with Crippen LogP contribution in [0.1, 0.15) is 11.5 Å². The van der Waals surface area contributed by atoms with Crippen LogP contribution in [0.25, 0.3) is 0 Å². The maximum absolute atomic E-state index is 12.1. The third-order valence-electron chi connectivity index (χ3n) is 3.70. The van der Waals surface area contributed by atoms with Gasteiger partial charge in [-0.1, -0.05) is 36.4 Å². The van der Waals surface area contributed by atoms with Crippen molar-refractivity contribution in [3.8, 4) is 0 Å². The van der Waals surface area contributed by atoms with Gasteiger partial charge in [0.25, 0.3) is 5.69 Å². The fourth-order valence-corrected chi connectivity index (χ4v) is 2.63. The zero-order valence-corrected chi connectivity index (χ0v) is 11.7. The van der Waals surface area contributed by atoms with Gasteiger partial charge in [-0.15, -0.1) is 0 Å². The molecule has 2 atom stereocenters. The van der Waals surface area contributed by atoms with Crippen molar-refractivity contribution in [3.63, 3.8) is 0 Å². The third-order valence-corrected chi connectivity index (χ3v) is 3.70. The van der Waals surface area contributed by atoms with Crippen molar-refractivity contribution in [3.05, 3.63) is 82.4 Å². The van der Waals surface area contributed by atoms with Gasteiger partial charge in [-0.2, -0.15) is 0 Å². The zero-order chi connectivity index (χ0) is 15.5. The lowest BCUT2D eigenvalue weighted by Gasteiger charge is -2.21. The normalized spacial score (nSPS) is 20.1. The molecule has 0 saturated heterocycles. The number of nitrogens with one attached hydrogen (secondary N) is 1. The first-order valence-corrected chi connectivity index (χ1v) is 6.93. The number of hydrogen-bond donors (Lipinski definition) is 1. The molecular weight excluding hydrogens is 280 g/mol. The molecule has 0 heterocycles. The summed E-state index contributed by atoms with van der Waals surface area (Å²) in [6, 6.07) is 15.6. The van der Waals surface area contributed by atoms with Gasteiger partial charge < -0.3 is 5.32 Å². The van der Waals surface area contributed by atoms with Gasteiger partial charge in [0.1, 0.15) is 0 Å². The average Bonchev–Trinajstić information content (AvgIpc) is 2.89. The summed E-state index contributed by atoms with van der Waals surface area (Å²) in [6.07, 6.45) is 3.42. The number of benzene rings is 2. The van der Waals surface area contributed by atoms with Crippen molar-refractivity contribution >= 4 is 17.2 Å². The SMILES string of the molecule is O=C1C=C[C@H](Nc2ccc([N+](=O)[O-])cc2)[C@H]1c1ccccc1. The molecule has 0 saturated carbocycles. The minimum atomic E-state index is -0.435. The largest absolute Gasteiger partial charge is 0.378 e. The zero-order valence-electron chi connectivity index (χ0n) is 11.7. The smallest absolute Gasteiger partial charge is 0.269 e. The van der Waals surface area contributed by atoms with E-state index in [0.29, 0.717) is 0 Å². The number of anilines is 1. The fourth-order valence-electron chi connectivity index (χ4n) is 2.63. The molecule has 0 fully saturated rings. The van der Waals surface area contributed by atoms with Crippen molar-refractivity contribution in [2.24, 2.45) is 0 Å². The third kappa shape index (κ3) is 2.74. The van der Waals surface area contributed by atoms with Gasteiger partial charge >= 0.3 is 0 Å². The lowest BCUT2D eigenvalue weighted by Crippen LogP contribution is -2.25. The van der Waals surface area contributed by atoms with Crippen LogP contribution in [0.3, 0.4) is 0 Å². The highest BCUT2D eigenvalue weighted by Crippen LogP contribution is 2.29. The van der Waals surface area contributed by atoms with E-state index in [1.54, 1.807) is 18.2 Å². The molecule has 0 bridgehead atoms. The molecule has 110 valence electrons. The first-order valence-electron chi connectivity index (χ1n) is 6.93. The van der Waals surface area contributed by atoms with Crippen LogP contribution in [-0.4, -0.2) is 16.7 Å². The molecule has 22 heavy (non-hydrogen) atoms. The van der Waals surface area contributed by atoms with E-state index in [1.807, 2.05) is 36.4 Å². The summed E-state index contributed by atoms with van der Waals surface area (Å²) in [4.78, 5) is 22.3. The number of allylic oxidation sites excluding steroid dienone is 1. The molecule has 0 amide bonds. The number of non-ortho nitro benzene ring substituents is 1. The molecule has 2 aromatic carbocycles. The van der Waals surface area contributed by atoms with E-state index in [4.69, 9.17) is 0 Å². The lowest BCUT2D eigenvalue weighted by atomic mass is 9.92. The van der Waals surface area contributed by atoms with Gasteiger partial charge in [-0.25, -0.2) is 0 Å². The number of carbonyl (C=O) groups excluding carboxylic acids is 1. The maximum Gasteiger partial charge on any atom is 0.269 e. The van der Waals surface area contributed by atoms with Crippen LogP contribution in [0.5, 0.6) is 0 Å². The molecule has 3 rings (SSSR count). The van der Waals surface area contributed by atoms with Crippen LogP contribution in [0, 0.1) is 10.1 Å².